The van der Waals surface area contributed by atoms with E-state index < -0.39 is 0 Å². The average molecular weight is 281 g/mol. The number of hydrogen-bond donors (Lipinski definition) is 3. The maximum absolute atomic E-state index is 12.2. The Bertz CT molecular complexity index is 442. The number of carbonyl (C=O) groups is 1. The van der Waals surface area contributed by atoms with Gasteiger partial charge in [-0.25, -0.2) is 10.8 Å². The highest BCUT2D eigenvalue weighted by Gasteiger charge is 2.26. The lowest BCUT2D eigenvalue weighted by molar-refractivity contribution is 0.0924. The lowest BCUT2D eigenvalue weighted by Gasteiger charge is -2.30. The molecule has 0 radical (unpaired) electrons. The number of carbonyl (C=O) groups excluding carboxylic acids is 1. The summed E-state index contributed by atoms with van der Waals surface area (Å²) < 4.78 is 0. The number of nitrogens with two attached hydrogens (primary N) is 1. The highest BCUT2D eigenvalue weighted by atomic mass is 32.2. The summed E-state index contributed by atoms with van der Waals surface area (Å²) in [6, 6.07) is 0.215. The number of amides is 1. The van der Waals surface area contributed by atoms with Crippen LogP contribution >= 0.6 is 11.8 Å². The molecule has 1 aliphatic carbocycles. The van der Waals surface area contributed by atoms with Crippen LogP contribution in [0.2, 0.25) is 0 Å². The lowest BCUT2D eigenvalue weighted by atomic mass is 9.95. The molecule has 1 aromatic rings. The van der Waals surface area contributed by atoms with Gasteiger partial charge in [-0.05, 0) is 19.1 Å². The molecule has 1 aliphatic rings. The van der Waals surface area contributed by atoms with E-state index in [1.54, 1.807) is 0 Å². The lowest BCUT2D eigenvalue weighted by Crippen LogP contribution is -2.44. The van der Waals surface area contributed by atoms with E-state index in [-0.39, 0.29) is 11.9 Å². The maximum Gasteiger partial charge on any atom is 0.271 e. The Labute approximate surface area is 116 Å². The first-order chi connectivity index (χ1) is 9.24. The van der Waals surface area contributed by atoms with E-state index in [4.69, 9.17) is 5.84 Å². The molecular formula is C12H19N5OS. The van der Waals surface area contributed by atoms with Gasteiger partial charge in [0.15, 0.2) is 5.82 Å². The zero-order valence-electron chi connectivity index (χ0n) is 10.9. The van der Waals surface area contributed by atoms with E-state index >= 15 is 0 Å². The molecule has 7 heteroatoms. The third-order valence-electron chi connectivity index (χ3n) is 3.34. The minimum absolute atomic E-state index is 0.185. The molecule has 1 aromatic heterocycles. The molecule has 0 aliphatic heterocycles. The zero-order chi connectivity index (χ0) is 13.7. The molecule has 1 saturated carbocycles. The van der Waals surface area contributed by atoms with Crippen molar-refractivity contribution in [1.82, 2.24) is 15.3 Å². The topological polar surface area (TPSA) is 92.9 Å². The van der Waals surface area contributed by atoms with Crippen LogP contribution in [0.1, 0.15) is 36.2 Å². The number of aromatic nitrogens is 2. The summed E-state index contributed by atoms with van der Waals surface area (Å²) in [4.78, 5) is 20.2. The number of nitrogens with zero attached hydrogens (tertiary/aromatic N) is 2. The van der Waals surface area contributed by atoms with Gasteiger partial charge in [-0.15, -0.1) is 0 Å². The minimum Gasteiger partial charge on any atom is -0.347 e. The summed E-state index contributed by atoms with van der Waals surface area (Å²) in [7, 11) is 0. The van der Waals surface area contributed by atoms with Crippen molar-refractivity contribution < 1.29 is 4.79 Å². The van der Waals surface area contributed by atoms with Gasteiger partial charge in [0.05, 0.1) is 12.4 Å². The third kappa shape index (κ3) is 3.57. The van der Waals surface area contributed by atoms with Crippen molar-refractivity contribution in [1.29, 1.82) is 0 Å². The highest BCUT2D eigenvalue weighted by Crippen LogP contribution is 2.27. The van der Waals surface area contributed by atoms with E-state index in [9.17, 15) is 4.79 Å². The standard InChI is InChI=1S/C12H19N5OS/c1-19-10-5-3-2-4-8(10)16-12(18)9-6-14-7-11(15-9)17-13/h6-8,10H,2-5,13H2,1H3,(H,15,17)(H,16,18). The Balaban J connectivity index is 2.02. The molecule has 0 aromatic carbocycles. The highest BCUT2D eigenvalue weighted by molar-refractivity contribution is 7.99. The van der Waals surface area contributed by atoms with Crippen LogP contribution in [0, 0.1) is 0 Å². The summed E-state index contributed by atoms with van der Waals surface area (Å²) in [5.74, 6) is 5.46. The Hall–Kier alpha value is -1.34. The van der Waals surface area contributed by atoms with Crippen molar-refractivity contribution >= 4 is 23.5 Å². The molecule has 1 fully saturated rings. The average Bonchev–Trinajstić information content (AvgIpc) is 2.47. The molecule has 0 bridgehead atoms. The molecule has 19 heavy (non-hydrogen) atoms. The molecule has 1 amide bonds. The maximum atomic E-state index is 12.2. The number of nitrogens with one attached hydrogen (secondary N) is 2. The predicted octanol–water partition coefficient (Wildman–Crippen LogP) is 1.17. The predicted molar refractivity (Wildman–Crippen MR) is 76.9 cm³/mol. The van der Waals surface area contributed by atoms with Crippen molar-refractivity contribution in [2.75, 3.05) is 11.7 Å². The second-order valence-electron chi connectivity index (χ2n) is 4.57. The first kappa shape index (κ1) is 14.1. The van der Waals surface area contributed by atoms with Crippen LogP contribution in [0.25, 0.3) is 0 Å². The van der Waals surface area contributed by atoms with Gasteiger partial charge in [-0.1, -0.05) is 12.8 Å². The molecule has 0 saturated heterocycles. The second-order valence-corrected chi connectivity index (χ2v) is 5.65. The number of hydrogen-bond acceptors (Lipinski definition) is 6. The van der Waals surface area contributed by atoms with Crippen LogP contribution in [-0.2, 0) is 0 Å². The Kier molecular flexibility index (Phi) is 4.98. The molecule has 2 atom stereocenters. The smallest absolute Gasteiger partial charge is 0.271 e. The molecule has 1 heterocycles. The van der Waals surface area contributed by atoms with E-state index in [0.717, 1.165) is 19.3 Å². The normalized spacial score (nSPS) is 22.8. The number of hydrazine groups is 1. The first-order valence-electron chi connectivity index (χ1n) is 6.37. The van der Waals surface area contributed by atoms with E-state index in [1.807, 2.05) is 11.8 Å². The number of anilines is 1. The summed E-state index contributed by atoms with van der Waals surface area (Å²) in [5, 5.41) is 3.54. The van der Waals surface area contributed by atoms with Gasteiger partial charge in [-0.3, -0.25) is 9.78 Å². The third-order valence-corrected chi connectivity index (χ3v) is 4.51. The molecule has 2 unspecified atom stereocenters. The summed E-state index contributed by atoms with van der Waals surface area (Å²) in [5.41, 5.74) is 2.68. The van der Waals surface area contributed by atoms with Gasteiger partial charge in [0.2, 0.25) is 0 Å². The number of nitrogen functional groups attached to an aromatic ring is 1. The molecular weight excluding hydrogens is 262 g/mol. The van der Waals surface area contributed by atoms with Crippen LogP contribution in [0.15, 0.2) is 12.4 Å². The van der Waals surface area contributed by atoms with Crippen LogP contribution < -0.4 is 16.6 Å². The summed E-state index contributed by atoms with van der Waals surface area (Å²) >= 11 is 1.82. The van der Waals surface area contributed by atoms with Gasteiger partial charge in [0, 0.05) is 11.3 Å². The fourth-order valence-electron chi connectivity index (χ4n) is 2.33. The molecule has 0 spiro atoms. The van der Waals surface area contributed by atoms with Crippen molar-refractivity contribution in [2.24, 2.45) is 5.84 Å². The van der Waals surface area contributed by atoms with E-state index in [2.05, 4.69) is 27.0 Å². The van der Waals surface area contributed by atoms with Gasteiger partial charge >= 0.3 is 0 Å². The molecule has 2 rings (SSSR count). The van der Waals surface area contributed by atoms with Crippen LogP contribution in [0.5, 0.6) is 0 Å². The monoisotopic (exact) mass is 281 g/mol. The molecule has 4 N–H and O–H groups in total. The van der Waals surface area contributed by atoms with Crippen LogP contribution in [0.3, 0.4) is 0 Å². The fourth-order valence-corrected chi connectivity index (χ4v) is 3.27. The minimum atomic E-state index is -0.185. The Morgan fingerprint density at radius 3 is 2.95 bits per heavy atom. The van der Waals surface area contributed by atoms with Gasteiger partial charge in [-0.2, -0.15) is 11.8 Å². The SMILES string of the molecule is CSC1CCCCC1NC(=O)c1cncc(NN)n1. The summed E-state index contributed by atoms with van der Waals surface area (Å²) in [6.07, 6.45) is 9.60. The second kappa shape index (κ2) is 6.72. The van der Waals surface area contributed by atoms with Crippen molar-refractivity contribution in [2.45, 2.75) is 37.0 Å². The van der Waals surface area contributed by atoms with Crippen LogP contribution in [-0.4, -0.2) is 33.4 Å². The quantitative estimate of drug-likeness (QED) is 0.566. The van der Waals surface area contributed by atoms with Gasteiger partial charge in [0.1, 0.15) is 5.69 Å². The van der Waals surface area contributed by atoms with Crippen molar-refractivity contribution in [3.8, 4) is 0 Å². The van der Waals surface area contributed by atoms with E-state index in [0.29, 0.717) is 16.8 Å². The Morgan fingerprint density at radius 1 is 1.42 bits per heavy atom. The van der Waals surface area contributed by atoms with Crippen molar-refractivity contribution in [3.05, 3.63) is 18.1 Å². The molecule has 104 valence electrons. The van der Waals surface area contributed by atoms with Gasteiger partial charge < -0.3 is 10.7 Å². The number of thioether (sulfide) groups is 1. The summed E-state index contributed by atoms with van der Waals surface area (Å²) in [6.45, 7) is 0. The number of rotatable bonds is 4. The Morgan fingerprint density at radius 2 is 2.21 bits per heavy atom. The largest absolute Gasteiger partial charge is 0.347 e. The molecule has 6 nitrogen and oxygen atoms in total. The first-order valence-corrected chi connectivity index (χ1v) is 7.65. The van der Waals surface area contributed by atoms with E-state index in [1.165, 1.54) is 18.8 Å². The fraction of sp³-hybridized carbons (Fsp3) is 0.583. The van der Waals surface area contributed by atoms with Crippen molar-refractivity contribution in [3.63, 3.8) is 0 Å². The van der Waals surface area contributed by atoms with Crippen LogP contribution in [0.4, 0.5) is 5.82 Å². The van der Waals surface area contributed by atoms with Gasteiger partial charge in [0.25, 0.3) is 5.91 Å². The zero-order valence-corrected chi connectivity index (χ0v) is 11.7.